The fourth-order valence-electron chi connectivity index (χ4n) is 3.78. The maximum Gasteiger partial charge on any atom is 0.259 e. The molecule has 1 fully saturated rings. The number of thiophene rings is 1. The van der Waals surface area contributed by atoms with Gasteiger partial charge < -0.3 is 14.8 Å². The van der Waals surface area contributed by atoms with E-state index < -0.39 is 0 Å². The fourth-order valence-corrected chi connectivity index (χ4v) is 5.66. The van der Waals surface area contributed by atoms with E-state index in [1.165, 1.54) is 29.2 Å². The molecule has 0 radical (unpaired) electrons. The second-order valence-electron chi connectivity index (χ2n) is 7.69. The lowest BCUT2D eigenvalue weighted by molar-refractivity contribution is -0.130. The third-order valence-electron chi connectivity index (χ3n) is 5.69. The molecule has 3 heterocycles. The second-order valence-corrected chi connectivity index (χ2v) is 10.2. The minimum Gasteiger partial charge on any atom is -0.366 e. The smallest absolute Gasteiger partial charge is 0.259 e. The van der Waals surface area contributed by atoms with Gasteiger partial charge in [-0.1, -0.05) is 12.1 Å². The van der Waals surface area contributed by atoms with Gasteiger partial charge in [0.05, 0.1) is 22.1 Å². The highest BCUT2D eigenvalue weighted by Crippen LogP contribution is 2.27. The monoisotopic (exact) mass is 460 g/mol. The maximum atomic E-state index is 14.0. The van der Waals surface area contributed by atoms with Gasteiger partial charge >= 0.3 is 0 Å². The second kappa shape index (κ2) is 9.00. The van der Waals surface area contributed by atoms with Crippen molar-refractivity contribution in [2.45, 2.75) is 31.8 Å². The minimum absolute atomic E-state index is 0.0596. The van der Waals surface area contributed by atoms with Crippen molar-refractivity contribution in [1.29, 1.82) is 0 Å². The molecule has 1 aromatic carbocycles. The topological polar surface area (TPSA) is 69.3 Å². The summed E-state index contributed by atoms with van der Waals surface area (Å²) in [4.78, 5) is 38.4. The number of hydrogen-bond acceptors (Lipinski definition) is 6. The highest BCUT2D eigenvalue weighted by molar-refractivity contribution is 7.99. The summed E-state index contributed by atoms with van der Waals surface area (Å²) in [6.07, 6.45) is 0. The van der Waals surface area contributed by atoms with Gasteiger partial charge in [-0.2, -0.15) is 0 Å². The Morgan fingerprint density at radius 3 is 2.68 bits per heavy atom. The first-order valence-corrected chi connectivity index (χ1v) is 12.1. The van der Waals surface area contributed by atoms with Gasteiger partial charge in [0.2, 0.25) is 5.91 Å². The lowest BCUT2D eigenvalue weighted by atomic mass is 10.2. The number of H-pyrrole nitrogens is 1. The molecule has 0 aliphatic carbocycles. The van der Waals surface area contributed by atoms with Gasteiger partial charge in [0.15, 0.2) is 0 Å². The van der Waals surface area contributed by atoms with Crippen LogP contribution in [0.15, 0.2) is 29.1 Å². The van der Waals surface area contributed by atoms with E-state index in [-0.39, 0.29) is 22.5 Å². The zero-order valence-electron chi connectivity index (χ0n) is 17.8. The third kappa shape index (κ3) is 4.48. The number of piperazine rings is 1. The van der Waals surface area contributed by atoms with Gasteiger partial charge in [0.25, 0.3) is 5.56 Å². The number of rotatable bonds is 5. The Labute approximate surface area is 188 Å². The van der Waals surface area contributed by atoms with Crippen molar-refractivity contribution >= 4 is 44.9 Å². The van der Waals surface area contributed by atoms with Crippen molar-refractivity contribution in [2.24, 2.45) is 0 Å². The average Bonchev–Trinajstić information content (AvgIpc) is 3.06. The zero-order valence-corrected chi connectivity index (χ0v) is 19.4. The molecule has 1 aliphatic rings. The van der Waals surface area contributed by atoms with E-state index in [2.05, 4.69) is 9.97 Å². The predicted octanol–water partition coefficient (Wildman–Crippen LogP) is 3.71. The largest absolute Gasteiger partial charge is 0.366 e. The number of carbonyl (C=O) groups excluding carboxylic acids is 1. The van der Waals surface area contributed by atoms with Gasteiger partial charge in [-0.25, -0.2) is 9.37 Å². The van der Waals surface area contributed by atoms with Crippen LogP contribution in [0.3, 0.4) is 0 Å². The van der Waals surface area contributed by atoms with E-state index in [4.69, 9.17) is 0 Å². The molecule has 164 valence electrons. The maximum absolute atomic E-state index is 14.0. The molecule has 0 bridgehead atoms. The number of anilines is 1. The molecule has 1 amide bonds. The van der Waals surface area contributed by atoms with Crippen LogP contribution in [0.4, 0.5) is 10.1 Å². The van der Waals surface area contributed by atoms with E-state index in [9.17, 15) is 14.0 Å². The van der Waals surface area contributed by atoms with Crippen molar-refractivity contribution in [2.75, 3.05) is 31.1 Å². The average molecular weight is 461 g/mol. The predicted molar refractivity (Wildman–Crippen MR) is 126 cm³/mol. The summed E-state index contributed by atoms with van der Waals surface area (Å²) >= 11 is 2.99. The summed E-state index contributed by atoms with van der Waals surface area (Å²) < 4.78 is 14.0. The number of hydrogen-bond donors (Lipinski definition) is 1. The Bertz CT molecular complexity index is 1170. The van der Waals surface area contributed by atoms with Crippen molar-refractivity contribution in [3.8, 4) is 0 Å². The number of aryl methyl sites for hydroxylation is 2. The van der Waals surface area contributed by atoms with Gasteiger partial charge in [0, 0.05) is 31.1 Å². The Kier molecular flexibility index (Phi) is 6.34. The summed E-state index contributed by atoms with van der Waals surface area (Å²) in [6, 6.07) is 6.73. The number of halogens is 1. The van der Waals surface area contributed by atoms with E-state index >= 15 is 0 Å². The highest BCUT2D eigenvalue weighted by atomic mass is 32.2. The number of aromatic amines is 1. The number of amides is 1. The van der Waals surface area contributed by atoms with E-state index in [0.717, 1.165) is 15.3 Å². The van der Waals surface area contributed by atoms with Crippen LogP contribution in [-0.4, -0.2) is 52.2 Å². The summed E-state index contributed by atoms with van der Waals surface area (Å²) in [6.45, 7) is 8.14. The Morgan fingerprint density at radius 2 is 1.97 bits per heavy atom. The summed E-state index contributed by atoms with van der Waals surface area (Å²) in [7, 11) is 0. The molecule has 0 saturated carbocycles. The van der Waals surface area contributed by atoms with Crippen molar-refractivity contribution in [3.63, 3.8) is 0 Å². The summed E-state index contributed by atoms with van der Waals surface area (Å²) in [5.41, 5.74) is 1.44. The van der Waals surface area contributed by atoms with Crippen molar-refractivity contribution in [1.82, 2.24) is 14.9 Å². The third-order valence-corrected chi connectivity index (χ3v) is 7.93. The van der Waals surface area contributed by atoms with Crippen LogP contribution in [0, 0.1) is 19.7 Å². The molecule has 6 nitrogen and oxygen atoms in total. The number of carbonyl (C=O) groups is 1. The Morgan fingerprint density at radius 1 is 1.26 bits per heavy atom. The number of nitrogens with zero attached hydrogens (tertiary/aromatic N) is 3. The lowest BCUT2D eigenvalue weighted by Gasteiger charge is -2.37. The number of para-hydroxylation sites is 1. The van der Waals surface area contributed by atoms with Gasteiger partial charge in [-0.3, -0.25) is 9.59 Å². The minimum atomic E-state index is -0.257. The van der Waals surface area contributed by atoms with E-state index in [1.54, 1.807) is 12.1 Å². The highest BCUT2D eigenvalue weighted by Gasteiger charge is 2.26. The van der Waals surface area contributed by atoms with Crippen LogP contribution in [0.1, 0.15) is 23.2 Å². The molecular formula is C22H25FN4O2S2. The molecule has 1 unspecified atom stereocenters. The first kappa shape index (κ1) is 21.8. The zero-order chi connectivity index (χ0) is 22.1. The number of fused-ring (bicyclic) bond motifs is 1. The molecule has 1 atom stereocenters. The molecule has 1 aliphatic heterocycles. The van der Waals surface area contributed by atoms with Gasteiger partial charge in [0.1, 0.15) is 16.5 Å². The molecule has 1 N–H and O–H groups in total. The van der Waals surface area contributed by atoms with Crippen LogP contribution >= 0.6 is 23.1 Å². The van der Waals surface area contributed by atoms with Crippen LogP contribution in [-0.2, 0) is 10.5 Å². The molecule has 31 heavy (non-hydrogen) atoms. The van der Waals surface area contributed by atoms with Crippen molar-refractivity contribution in [3.05, 3.63) is 56.7 Å². The molecule has 2 aromatic heterocycles. The first-order chi connectivity index (χ1) is 14.8. The van der Waals surface area contributed by atoms with E-state index in [0.29, 0.717) is 48.8 Å². The molecule has 9 heteroatoms. The van der Waals surface area contributed by atoms with Crippen LogP contribution in [0.25, 0.3) is 10.2 Å². The van der Waals surface area contributed by atoms with Crippen LogP contribution in [0.2, 0.25) is 0 Å². The van der Waals surface area contributed by atoms with Gasteiger partial charge in [-0.15, -0.1) is 23.1 Å². The van der Waals surface area contributed by atoms with Crippen molar-refractivity contribution < 1.29 is 9.18 Å². The van der Waals surface area contributed by atoms with Crippen LogP contribution in [0.5, 0.6) is 0 Å². The Balaban J connectivity index is 1.35. The molecule has 3 aromatic rings. The SMILES string of the molecule is Cc1sc2nc(CSC(C)C(=O)N3CCN(c4ccccc4F)CC3)[nH]c(=O)c2c1C. The van der Waals surface area contributed by atoms with Gasteiger partial charge in [-0.05, 0) is 38.5 Å². The van der Waals surface area contributed by atoms with Crippen LogP contribution < -0.4 is 10.5 Å². The number of nitrogens with one attached hydrogen (secondary N) is 1. The molecule has 0 spiro atoms. The number of benzene rings is 1. The Hall–Kier alpha value is -2.39. The first-order valence-electron chi connectivity index (χ1n) is 10.2. The van der Waals surface area contributed by atoms with E-state index in [1.807, 2.05) is 36.6 Å². The number of thioether (sulfide) groups is 1. The lowest BCUT2D eigenvalue weighted by Crippen LogP contribution is -2.50. The quantitative estimate of drug-likeness (QED) is 0.629. The molecular weight excluding hydrogens is 435 g/mol. The molecule has 1 saturated heterocycles. The summed E-state index contributed by atoms with van der Waals surface area (Å²) in [5, 5.41) is 0.404. The molecule has 4 rings (SSSR count). The summed E-state index contributed by atoms with van der Waals surface area (Å²) in [5.74, 6) is 0.876. The normalized spacial score (nSPS) is 15.5. The number of aromatic nitrogens is 2. The fraction of sp³-hybridized carbons (Fsp3) is 0.409. The standard InChI is InChI=1S/C22H25FN4O2S2/c1-13-14(2)31-21-19(13)20(28)24-18(25-21)12-30-15(3)22(29)27-10-8-26(9-11-27)17-7-5-4-6-16(17)23/h4-7,15H,8-12H2,1-3H3,(H,24,25,28).